The summed E-state index contributed by atoms with van der Waals surface area (Å²) >= 11 is 0. The van der Waals surface area contributed by atoms with Gasteiger partial charge in [0.25, 0.3) is 0 Å². The van der Waals surface area contributed by atoms with Crippen LogP contribution in [-0.2, 0) is 9.53 Å². The van der Waals surface area contributed by atoms with Crippen molar-refractivity contribution in [2.45, 2.75) is 32.5 Å². The zero-order valence-corrected chi connectivity index (χ0v) is 6.20. The number of rotatable bonds is 0. The molecule has 0 aromatic heterocycles. The van der Waals surface area contributed by atoms with E-state index in [1.165, 1.54) is 0 Å². The number of aliphatic hydroxyl groups excluding tert-OH is 1. The van der Waals surface area contributed by atoms with Crippen molar-refractivity contribution in [2.75, 3.05) is 0 Å². The maximum Gasteiger partial charge on any atom is 0.308 e. The first-order valence-electron chi connectivity index (χ1n) is 3.49. The van der Waals surface area contributed by atoms with E-state index in [1.807, 2.05) is 6.92 Å². The van der Waals surface area contributed by atoms with Crippen molar-refractivity contribution in [3.8, 4) is 0 Å². The first-order chi connectivity index (χ1) is 4.61. The number of esters is 1. The summed E-state index contributed by atoms with van der Waals surface area (Å²) in [6, 6.07) is 0. The number of hydrogen-bond donors (Lipinski definition) is 1. The Labute approximate surface area is 60.0 Å². The van der Waals surface area contributed by atoms with Crippen molar-refractivity contribution < 1.29 is 14.6 Å². The highest BCUT2D eigenvalue weighted by atomic mass is 16.5. The van der Waals surface area contributed by atoms with Crippen LogP contribution in [0.5, 0.6) is 0 Å². The van der Waals surface area contributed by atoms with Crippen LogP contribution in [0.3, 0.4) is 0 Å². The van der Waals surface area contributed by atoms with Gasteiger partial charge in [0, 0.05) is 5.92 Å². The lowest BCUT2D eigenvalue weighted by Gasteiger charge is -2.29. The molecule has 0 saturated carbocycles. The van der Waals surface area contributed by atoms with Gasteiger partial charge in [0.05, 0.1) is 12.5 Å². The Morgan fingerprint density at radius 3 is 2.70 bits per heavy atom. The van der Waals surface area contributed by atoms with Crippen molar-refractivity contribution in [3.05, 3.63) is 0 Å². The van der Waals surface area contributed by atoms with Gasteiger partial charge >= 0.3 is 5.97 Å². The highest BCUT2D eigenvalue weighted by Gasteiger charge is 2.31. The van der Waals surface area contributed by atoms with Gasteiger partial charge in [0.15, 0.2) is 0 Å². The number of ether oxygens (including phenoxy) is 1. The number of cyclic esters (lactones) is 1. The van der Waals surface area contributed by atoms with Crippen molar-refractivity contribution >= 4 is 5.97 Å². The average Bonchev–Trinajstić information content (AvgIpc) is 1.82. The minimum atomic E-state index is -0.517. The lowest BCUT2D eigenvalue weighted by molar-refractivity contribution is -0.165. The second-order valence-electron chi connectivity index (χ2n) is 2.83. The van der Waals surface area contributed by atoms with Crippen LogP contribution in [-0.4, -0.2) is 23.3 Å². The van der Waals surface area contributed by atoms with Crippen molar-refractivity contribution in [3.63, 3.8) is 0 Å². The highest BCUT2D eigenvalue weighted by Crippen LogP contribution is 2.20. The van der Waals surface area contributed by atoms with E-state index in [0.29, 0.717) is 0 Å². The van der Waals surface area contributed by atoms with Crippen LogP contribution in [0.1, 0.15) is 20.3 Å². The van der Waals surface area contributed by atoms with Crippen LogP contribution in [0.4, 0.5) is 0 Å². The van der Waals surface area contributed by atoms with Gasteiger partial charge < -0.3 is 9.84 Å². The summed E-state index contributed by atoms with van der Waals surface area (Å²) in [7, 11) is 0. The Balaban J connectivity index is 2.57. The summed E-state index contributed by atoms with van der Waals surface area (Å²) in [5, 5.41) is 9.22. The van der Waals surface area contributed by atoms with E-state index < -0.39 is 6.10 Å². The summed E-state index contributed by atoms with van der Waals surface area (Å²) < 4.78 is 4.87. The topological polar surface area (TPSA) is 46.5 Å². The summed E-state index contributed by atoms with van der Waals surface area (Å²) in [5.74, 6) is -0.226. The van der Waals surface area contributed by atoms with Gasteiger partial charge in [-0.05, 0) is 6.92 Å². The zero-order chi connectivity index (χ0) is 7.72. The molecule has 0 aromatic rings. The van der Waals surface area contributed by atoms with Gasteiger partial charge in [-0.15, -0.1) is 0 Å². The van der Waals surface area contributed by atoms with Crippen molar-refractivity contribution in [1.29, 1.82) is 0 Å². The Morgan fingerprint density at radius 2 is 2.20 bits per heavy atom. The van der Waals surface area contributed by atoms with E-state index in [1.54, 1.807) is 6.92 Å². The predicted octanol–water partition coefficient (Wildman–Crippen LogP) is 0.319. The lowest BCUT2D eigenvalue weighted by Crippen LogP contribution is -2.38. The molecule has 1 fully saturated rings. The number of carbonyl (C=O) groups is 1. The molecule has 10 heavy (non-hydrogen) atoms. The number of hydrogen-bond acceptors (Lipinski definition) is 3. The van der Waals surface area contributed by atoms with Crippen LogP contribution >= 0.6 is 0 Å². The summed E-state index contributed by atoms with van der Waals surface area (Å²) in [6.07, 6.45) is -0.515. The molecule has 0 spiro atoms. The molecule has 3 atom stereocenters. The fraction of sp³-hybridized carbons (Fsp3) is 0.857. The molecule has 1 N–H and O–H groups in total. The van der Waals surface area contributed by atoms with Crippen molar-refractivity contribution in [1.82, 2.24) is 0 Å². The monoisotopic (exact) mass is 144 g/mol. The number of aliphatic hydroxyl groups is 1. The van der Waals surface area contributed by atoms with Crippen LogP contribution in [0.2, 0.25) is 0 Å². The lowest BCUT2D eigenvalue weighted by atomic mass is 9.94. The Kier molecular flexibility index (Phi) is 1.94. The van der Waals surface area contributed by atoms with Crippen molar-refractivity contribution in [2.24, 2.45) is 5.92 Å². The molecular formula is C7H12O3. The van der Waals surface area contributed by atoms with Gasteiger partial charge in [0.2, 0.25) is 0 Å². The average molecular weight is 144 g/mol. The second-order valence-corrected chi connectivity index (χ2v) is 2.83. The second kappa shape index (κ2) is 2.58. The summed E-state index contributed by atoms with van der Waals surface area (Å²) in [5.41, 5.74) is 0. The number of carbonyl (C=O) groups excluding carboxylic acids is 1. The van der Waals surface area contributed by atoms with E-state index in [-0.39, 0.29) is 24.4 Å². The van der Waals surface area contributed by atoms with Gasteiger partial charge in [-0.1, -0.05) is 6.92 Å². The smallest absolute Gasteiger partial charge is 0.308 e. The van der Waals surface area contributed by atoms with Gasteiger partial charge in [-0.3, -0.25) is 4.79 Å². The van der Waals surface area contributed by atoms with Crippen LogP contribution in [0, 0.1) is 5.92 Å². The minimum absolute atomic E-state index is 0.0673. The SMILES string of the molecule is C[C@H]1[C@H](O)CC(=O)O[C@H]1C. The molecule has 1 aliphatic heterocycles. The third-order valence-electron chi connectivity index (χ3n) is 2.04. The Morgan fingerprint density at radius 1 is 1.60 bits per heavy atom. The van der Waals surface area contributed by atoms with Gasteiger partial charge in [0.1, 0.15) is 6.10 Å². The molecule has 58 valence electrons. The molecule has 0 amide bonds. The van der Waals surface area contributed by atoms with E-state index in [9.17, 15) is 9.90 Å². The fourth-order valence-corrected chi connectivity index (χ4v) is 1.03. The van der Waals surface area contributed by atoms with Crippen LogP contribution in [0.15, 0.2) is 0 Å². The molecule has 0 aromatic carbocycles. The molecule has 0 bridgehead atoms. The van der Waals surface area contributed by atoms with Crippen LogP contribution < -0.4 is 0 Å². The van der Waals surface area contributed by atoms with Crippen LogP contribution in [0.25, 0.3) is 0 Å². The molecule has 0 unspecified atom stereocenters. The first kappa shape index (κ1) is 7.54. The van der Waals surface area contributed by atoms with E-state index in [4.69, 9.17) is 4.74 Å². The third kappa shape index (κ3) is 1.29. The molecule has 1 aliphatic rings. The Bertz CT molecular complexity index is 130. The quantitative estimate of drug-likeness (QED) is 0.498. The molecule has 1 heterocycles. The normalized spacial score (nSPS) is 41.1. The summed E-state index contributed by atoms with van der Waals surface area (Å²) in [6.45, 7) is 3.67. The molecular weight excluding hydrogens is 132 g/mol. The minimum Gasteiger partial charge on any atom is -0.462 e. The van der Waals surface area contributed by atoms with Gasteiger partial charge in [-0.25, -0.2) is 0 Å². The van der Waals surface area contributed by atoms with E-state index >= 15 is 0 Å². The zero-order valence-electron chi connectivity index (χ0n) is 6.20. The summed E-state index contributed by atoms with van der Waals surface area (Å²) in [4.78, 5) is 10.6. The maximum atomic E-state index is 10.6. The molecule has 3 nitrogen and oxygen atoms in total. The fourth-order valence-electron chi connectivity index (χ4n) is 1.03. The molecule has 3 heteroatoms. The highest BCUT2D eigenvalue weighted by molar-refractivity contribution is 5.71. The molecule has 1 rings (SSSR count). The maximum absolute atomic E-state index is 10.6. The largest absolute Gasteiger partial charge is 0.462 e. The Hall–Kier alpha value is -0.570. The third-order valence-corrected chi connectivity index (χ3v) is 2.04. The van der Waals surface area contributed by atoms with E-state index in [0.717, 1.165) is 0 Å². The van der Waals surface area contributed by atoms with Gasteiger partial charge in [-0.2, -0.15) is 0 Å². The molecule has 0 aliphatic carbocycles. The van der Waals surface area contributed by atoms with E-state index in [2.05, 4.69) is 0 Å². The standard InChI is InChI=1S/C7H12O3/c1-4-5(2)10-7(9)3-6(4)8/h4-6,8H,3H2,1-2H3/t4-,5+,6-/m1/s1. The predicted molar refractivity (Wildman–Crippen MR) is 35.3 cm³/mol. The molecule has 0 radical (unpaired) electrons. The molecule has 1 saturated heterocycles. The first-order valence-corrected chi connectivity index (χ1v) is 3.49.